The van der Waals surface area contributed by atoms with Gasteiger partial charge in [-0.25, -0.2) is 0 Å². The maximum Gasteiger partial charge on any atom is 0.111 e. The van der Waals surface area contributed by atoms with Gasteiger partial charge in [-0.05, 0) is 0 Å². The van der Waals surface area contributed by atoms with Gasteiger partial charge < -0.3 is 30.6 Å². The van der Waals surface area contributed by atoms with E-state index in [0.717, 1.165) is 0 Å². The van der Waals surface area contributed by atoms with Crippen LogP contribution in [0.2, 0.25) is 0 Å². The van der Waals surface area contributed by atoms with Crippen molar-refractivity contribution < 1.29 is 30.6 Å². The van der Waals surface area contributed by atoms with E-state index >= 15 is 0 Å². The summed E-state index contributed by atoms with van der Waals surface area (Å²) in [6.07, 6.45) is -6.39. The molecule has 6 N–H and O–H groups in total. The van der Waals surface area contributed by atoms with Crippen molar-refractivity contribution in [3.05, 3.63) is 0 Å². The summed E-state index contributed by atoms with van der Waals surface area (Å²) in [5, 5.41) is 52.2. The molecule has 0 fully saturated rings. The van der Waals surface area contributed by atoms with Crippen LogP contribution in [0.5, 0.6) is 0 Å². The minimum Gasteiger partial charge on any atom is -0.394 e. The monoisotopic (exact) mass is 194 g/mol. The van der Waals surface area contributed by atoms with E-state index in [0.29, 0.717) is 0 Å². The molecule has 0 rings (SSSR count). The largest absolute Gasteiger partial charge is 0.394 e. The standard InChI is InChI=1S/C6H14O6/c7-1-3(9)5(11)6(12)4(10)2-8/h3-12H,1-2H2/t3-,4+,5-,6-/m1/s1/i1+2,2+2,3+2,4+2,5+2,6+2. The van der Waals surface area contributed by atoms with E-state index in [1.165, 1.54) is 0 Å². The highest BCUT2D eigenvalue weighted by molar-refractivity contribution is 4.79. The summed E-state index contributed by atoms with van der Waals surface area (Å²) in [6.45, 7) is -1.45. The van der Waals surface area contributed by atoms with Crippen LogP contribution in [0.25, 0.3) is 0 Å². The zero-order valence-corrected chi connectivity index (χ0v) is 6.41. The van der Waals surface area contributed by atoms with E-state index in [1.54, 1.807) is 0 Å². The third-order valence-corrected chi connectivity index (χ3v) is 1.51. The Kier molecular flexibility index (Phi) is 5.31. The lowest BCUT2D eigenvalue weighted by molar-refractivity contribution is -0.123. The Morgan fingerprint density at radius 2 is 0.917 bits per heavy atom. The fourth-order valence-corrected chi connectivity index (χ4v) is 0.671. The van der Waals surface area contributed by atoms with Crippen LogP contribution in [-0.2, 0) is 0 Å². The summed E-state index contributed by atoms with van der Waals surface area (Å²) in [6, 6.07) is 0. The molecule has 0 unspecified atom stereocenters. The first kappa shape index (κ1) is 11.8. The predicted octanol–water partition coefficient (Wildman–Crippen LogP) is -3.59. The number of hydrogen-bond donors (Lipinski definition) is 6. The number of hydrogen-bond acceptors (Lipinski definition) is 6. The molecule has 0 aliphatic rings. The van der Waals surface area contributed by atoms with Crippen LogP contribution < -0.4 is 0 Å². The molecule has 6 nitrogen and oxygen atoms in total. The Hall–Kier alpha value is -0.240. The van der Waals surface area contributed by atoms with E-state index < -0.39 is 37.6 Å². The van der Waals surface area contributed by atoms with Crippen molar-refractivity contribution in [1.29, 1.82) is 0 Å². The van der Waals surface area contributed by atoms with Gasteiger partial charge in [0.1, 0.15) is 24.4 Å². The zero-order chi connectivity index (χ0) is 9.72. The summed E-state index contributed by atoms with van der Waals surface area (Å²) in [7, 11) is 0. The molecule has 0 aliphatic carbocycles. The molecule has 0 saturated heterocycles. The fourth-order valence-electron chi connectivity index (χ4n) is 0.671. The molecule has 0 aliphatic heterocycles. The third-order valence-electron chi connectivity index (χ3n) is 1.51. The Balaban J connectivity index is 3.99. The van der Waals surface area contributed by atoms with Gasteiger partial charge in [0.2, 0.25) is 0 Å². The van der Waals surface area contributed by atoms with E-state index in [9.17, 15) is 0 Å². The molecule has 0 amide bonds. The van der Waals surface area contributed by atoms with Gasteiger partial charge in [-0.3, -0.25) is 0 Å². The average molecular weight is 194 g/mol. The van der Waals surface area contributed by atoms with Gasteiger partial charge in [0.25, 0.3) is 0 Å². The summed E-state index contributed by atoms with van der Waals surface area (Å²) in [4.78, 5) is 0. The molecular weight excluding hydrogens is 180 g/mol. The van der Waals surface area contributed by atoms with Crippen molar-refractivity contribution in [2.45, 2.75) is 24.4 Å². The molecule has 0 bridgehead atoms. The number of aliphatic hydroxyl groups excluding tert-OH is 6. The van der Waals surface area contributed by atoms with E-state index in [-0.39, 0.29) is 0 Å². The van der Waals surface area contributed by atoms with Crippen molar-refractivity contribution in [2.24, 2.45) is 0 Å². The molecule has 0 saturated carbocycles. The summed E-state index contributed by atoms with van der Waals surface area (Å²) in [5.74, 6) is 0. The topological polar surface area (TPSA) is 121 Å². The SMILES string of the molecule is O[14CH2][14C@@H](O)[14C@@H](O)[14C@H](O)[14C@@H](O)[14CH2]O. The number of rotatable bonds is 5. The van der Waals surface area contributed by atoms with Crippen LogP contribution in [-0.4, -0.2) is 68.3 Å². The van der Waals surface area contributed by atoms with Crippen molar-refractivity contribution in [3.63, 3.8) is 0 Å². The lowest BCUT2D eigenvalue weighted by Crippen LogP contribution is -2.46. The molecular formula is C6H14O6. The maximum absolute atomic E-state index is 8.96. The molecule has 6 heteroatoms. The summed E-state index contributed by atoms with van der Waals surface area (Å²) < 4.78 is 0. The van der Waals surface area contributed by atoms with Crippen molar-refractivity contribution in [2.75, 3.05) is 13.2 Å². The lowest BCUT2D eigenvalue weighted by atomic mass is 12.0. The Labute approximate surface area is 69.3 Å². The van der Waals surface area contributed by atoms with Crippen LogP contribution in [0, 0.1) is 0 Å². The second-order valence-electron chi connectivity index (χ2n) is 2.48. The number of aliphatic hydroxyl groups is 6. The molecule has 0 heterocycles. The van der Waals surface area contributed by atoms with Crippen molar-refractivity contribution in [3.8, 4) is 0 Å². The van der Waals surface area contributed by atoms with Crippen LogP contribution in [0.15, 0.2) is 0 Å². The summed E-state index contributed by atoms with van der Waals surface area (Å²) >= 11 is 0. The highest BCUT2D eigenvalue weighted by Crippen LogP contribution is 2.03. The second-order valence-corrected chi connectivity index (χ2v) is 2.48. The average Bonchev–Trinajstić information content (AvgIpc) is 2.12. The molecule has 0 aromatic rings. The third kappa shape index (κ3) is 3.02. The minimum atomic E-state index is -1.67. The first-order chi connectivity index (χ1) is 5.54. The molecule has 0 aromatic heterocycles. The Morgan fingerprint density at radius 1 is 0.667 bits per heavy atom. The van der Waals surface area contributed by atoms with E-state index in [1.807, 2.05) is 0 Å². The molecule has 12 heavy (non-hydrogen) atoms. The van der Waals surface area contributed by atoms with E-state index in [2.05, 4.69) is 0 Å². The van der Waals surface area contributed by atoms with Gasteiger partial charge in [0.05, 0.1) is 13.2 Å². The Bertz CT molecular complexity index is 105. The van der Waals surface area contributed by atoms with Gasteiger partial charge in [0, 0.05) is 0 Å². The predicted molar refractivity (Wildman–Crippen MR) is 38.2 cm³/mol. The molecule has 0 radical (unpaired) electrons. The first-order valence-electron chi connectivity index (χ1n) is 3.48. The normalized spacial score (nSPS) is 21.5. The highest BCUT2D eigenvalue weighted by Gasteiger charge is 2.29. The van der Waals surface area contributed by atoms with Gasteiger partial charge >= 0.3 is 0 Å². The van der Waals surface area contributed by atoms with Gasteiger partial charge in [-0.15, -0.1) is 0 Å². The van der Waals surface area contributed by atoms with Crippen LogP contribution >= 0.6 is 0 Å². The molecule has 0 aromatic carbocycles. The second kappa shape index (κ2) is 5.41. The van der Waals surface area contributed by atoms with Gasteiger partial charge in [-0.1, -0.05) is 0 Å². The van der Waals surface area contributed by atoms with Gasteiger partial charge in [0.15, 0.2) is 0 Å². The maximum atomic E-state index is 8.96. The van der Waals surface area contributed by atoms with Crippen LogP contribution in [0.1, 0.15) is 0 Å². The van der Waals surface area contributed by atoms with Crippen molar-refractivity contribution in [1.82, 2.24) is 0 Å². The minimum absolute atomic E-state index is 0.726. The highest BCUT2D eigenvalue weighted by atomic mass is 16.9. The van der Waals surface area contributed by atoms with Crippen LogP contribution in [0.3, 0.4) is 0 Å². The van der Waals surface area contributed by atoms with Crippen molar-refractivity contribution >= 4 is 0 Å². The fraction of sp³-hybridized carbons (Fsp3) is 1.00. The quantitative estimate of drug-likeness (QED) is 0.269. The smallest absolute Gasteiger partial charge is 0.111 e. The van der Waals surface area contributed by atoms with E-state index in [4.69, 9.17) is 30.6 Å². The zero-order valence-electron chi connectivity index (χ0n) is 6.41. The molecule has 0 spiro atoms. The first-order valence-corrected chi connectivity index (χ1v) is 3.48. The summed E-state index contributed by atoms with van der Waals surface area (Å²) in [5.41, 5.74) is 0. The lowest BCUT2D eigenvalue weighted by Gasteiger charge is -2.24. The molecule has 4 atom stereocenters. The molecule has 74 valence electrons. The van der Waals surface area contributed by atoms with Gasteiger partial charge in [-0.2, -0.15) is 0 Å². The van der Waals surface area contributed by atoms with Crippen LogP contribution in [0.4, 0.5) is 0 Å². The Morgan fingerprint density at radius 3 is 1.08 bits per heavy atom.